The van der Waals surface area contributed by atoms with Crippen LogP contribution in [0.4, 0.5) is 11.4 Å². The normalized spacial score (nSPS) is 10.4. The van der Waals surface area contributed by atoms with E-state index in [0.717, 1.165) is 10.9 Å². The molecule has 0 bridgehead atoms. The number of hydrogen-bond acceptors (Lipinski definition) is 4. The maximum atomic E-state index is 12.1. The van der Waals surface area contributed by atoms with Gasteiger partial charge < -0.3 is 5.32 Å². The number of hydrogen-bond donors (Lipinski definition) is 1. The number of non-ortho nitro benzene ring substituents is 1. The molecule has 1 heterocycles. The van der Waals surface area contributed by atoms with Crippen molar-refractivity contribution in [1.82, 2.24) is 4.98 Å². The van der Waals surface area contributed by atoms with Crippen LogP contribution in [0.15, 0.2) is 60.8 Å². The standard InChI is InChI=1S/C16H11N3O3/c20-16(11-5-7-14(8-6-11)19(21)22)18-13-9-12-3-1-2-4-15(12)17-10-13/h1-10H,(H,18,20). The Kier molecular flexibility index (Phi) is 3.49. The number of fused-ring (bicyclic) bond motifs is 1. The lowest BCUT2D eigenvalue weighted by molar-refractivity contribution is -0.384. The van der Waals surface area contributed by atoms with Gasteiger partial charge in [0.25, 0.3) is 11.6 Å². The Labute approximate surface area is 125 Å². The number of aromatic nitrogens is 1. The molecule has 0 fully saturated rings. The van der Waals surface area contributed by atoms with Gasteiger partial charge >= 0.3 is 0 Å². The second-order valence-electron chi connectivity index (χ2n) is 4.67. The third kappa shape index (κ3) is 2.76. The van der Waals surface area contributed by atoms with Gasteiger partial charge in [-0.1, -0.05) is 18.2 Å². The number of nitrogens with one attached hydrogen (secondary N) is 1. The molecular formula is C16H11N3O3. The molecule has 108 valence electrons. The predicted molar refractivity (Wildman–Crippen MR) is 82.8 cm³/mol. The highest BCUT2D eigenvalue weighted by atomic mass is 16.6. The van der Waals surface area contributed by atoms with E-state index in [1.807, 2.05) is 30.3 Å². The van der Waals surface area contributed by atoms with E-state index in [1.165, 1.54) is 24.3 Å². The number of nitrogens with zero attached hydrogens (tertiary/aromatic N) is 2. The fourth-order valence-corrected chi connectivity index (χ4v) is 2.08. The van der Waals surface area contributed by atoms with E-state index in [9.17, 15) is 14.9 Å². The number of para-hydroxylation sites is 1. The van der Waals surface area contributed by atoms with Gasteiger partial charge in [-0.15, -0.1) is 0 Å². The number of nitro groups is 1. The lowest BCUT2D eigenvalue weighted by atomic mass is 10.2. The summed E-state index contributed by atoms with van der Waals surface area (Å²) < 4.78 is 0. The highest BCUT2D eigenvalue weighted by Crippen LogP contribution is 2.17. The average Bonchev–Trinajstić information content (AvgIpc) is 2.55. The lowest BCUT2D eigenvalue weighted by Gasteiger charge is -2.06. The van der Waals surface area contributed by atoms with Crippen molar-refractivity contribution in [1.29, 1.82) is 0 Å². The lowest BCUT2D eigenvalue weighted by Crippen LogP contribution is -2.12. The van der Waals surface area contributed by atoms with Crippen LogP contribution in [-0.2, 0) is 0 Å². The predicted octanol–water partition coefficient (Wildman–Crippen LogP) is 3.40. The molecule has 0 spiro atoms. The minimum atomic E-state index is -0.505. The summed E-state index contributed by atoms with van der Waals surface area (Å²) in [5.41, 5.74) is 1.71. The molecule has 6 heteroatoms. The van der Waals surface area contributed by atoms with Gasteiger partial charge in [0.2, 0.25) is 0 Å². The third-order valence-corrected chi connectivity index (χ3v) is 3.19. The van der Waals surface area contributed by atoms with Gasteiger partial charge in [-0.3, -0.25) is 19.9 Å². The fraction of sp³-hybridized carbons (Fsp3) is 0. The second-order valence-corrected chi connectivity index (χ2v) is 4.67. The molecule has 0 atom stereocenters. The molecule has 0 aliphatic heterocycles. The van der Waals surface area contributed by atoms with Crippen molar-refractivity contribution in [2.45, 2.75) is 0 Å². The van der Waals surface area contributed by atoms with Gasteiger partial charge in [-0.05, 0) is 24.3 Å². The van der Waals surface area contributed by atoms with Crippen LogP contribution < -0.4 is 5.32 Å². The Morgan fingerprint density at radius 1 is 1.09 bits per heavy atom. The maximum Gasteiger partial charge on any atom is 0.269 e. The number of carbonyl (C=O) groups excluding carboxylic acids is 1. The SMILES string of the molecule is O=C(Nc1cnc2ccccc2c1)c1ccc([N+](=O)[O-])cc1. The van der Waals surface area contributed by atoms with E-state index < -0.39 is 4.92 Å². The largest absolute Gasteiger partial charge is 0.321 e. The molecule has 0 radical (unpaired) electrons. The van der Waals surface area contributed by atoms with Crippen LogP contribution in [0, 0.1) is 10.1 Å². The van der Waals surface area contributed by atoms with Gasteiger partial charge in [-0.25, -0.2) is 0 Å². The van der Waals surface area contributed by atoms with Crippen LogP contribution >= 0.6 is 0 Å². The average molecular weight is 293 g/mol. The van der Waals surface area contributed by atoms with E-state index in [4.69, 9.17) is 0 Å². The highest BCUT2D eigenvalue weighted by Gasteiger charge is 2.10. The van der Waals surface area contributed by atoms with Crippen molar-refractivity contribution in [2.75, 3.05) is 5.32 Å². The van der Waals surface area contributed by atoms with Crippen molar-refractivity contribution in [3.8, 4) is 0 Å². The molecule has 1 aromatic heterocycles. The van der Waals surface area contributed by atoms with Crippen molar-refractivity contribution < 1.29 is 9.72 Å². The Bertz CT molecular complexity index is 860. The molecule has 1 N–H and O–H groups in total. The summed E-state index contributed by atoms with van der Waals surface area (Å²) in [5, 5.41) is 14.2. The van der Waals surface area contributed by atoms with Crippen LogP contribution in [0.5, 0.6) is 0 Å². The quantitative estimate of drug-likeness (QED) is 0.592. The third-order valence-electron chi connectivity index (χ3n) is 3.19. The molecule has 6 nitrogen and oxygen atoms in total. The molecule has 22 heavy (non-hydrogen) atoms. The van der Waals surface area contributed by atoms with Crippen molar-refractivity contribution in [3.05, 3.63) is 76.5 Å². The number of anilines is 1. The van der Waals surface area contributed by atoms with Crippen molar-refractivity contribution >= 4 is 28.2 Å². The van der Waals surface area contributed by atoms with E-state index in [-0.39, 0.29) is 11.6 Å². The molecule has 0 saturated heterocycles. The molecule has 0 aliphatic carbocycles. The molecule has 3 aromatic rings. The maximum absolute atomic E-state index is 12.1. The molecule has 0 aliphatic rings. The van der Waals surface area contributed by atoms with Crippen molar-refractivity contribution in [2.24, 2.45) is 0 Å². The Hall–Kier alpha value is -3.28. The highest BCUT2D eigenvalue weighted by molar-refractivity contribution is 6.05. The summed E-state index contributed by atoms with van der Waals surface area (Å²) in [6, 6.07) is 14.8. The summed E-state index contributed by atoms with van der Waals surface area (Å²) in [6.45, 7) is 0. The van der Waals surface area contributed by atoms with Crippen molar-refractivity contribution in [3.63, 3.8) is 0 Å². The second kappa shape index (κ2) is 5.61. The first-order valence-electron chi connectivity index (χ1n) is 6.54. The van der Waals surface area contributed by atoms with Gasteiger partial charge in [0, 0.05) is 23.1 Å². The molecule has 0 unspecified atom stereocenters. The number of amides is 1. The van der Waals surface area contributed by atoms with Gasteiger partial charge in [0.05, 0.1) is 22.3 Å². The zero-order chi connectivity index (χ0) is 15.5. The van der Waals surface area contributed by atoms with E-state index >= 15 is 0 Å². The number of pyridine rings is 1. The topological polar surface area (TPSA) is 85.1 Å². The summed E-state index contributed by atoms with van der Waals surface area (Å²) in [7, 11) is 0. The number of nitro benzene ring substituents is 1. The van der Waals surface area contributed by atoms with E-state index in [1.54, 1.807) is 6.20 Å². The van der Waals surface area contributed by atoms with Crippen LogP contribution in [0.1, 0.15) is 10.4 Å². The summed E-state index contributed by atoms with van der Waals surface area (Å²) >= 11 is 0. The number of benzene rings is 2. The molecule has 1 amide bonds. The minimum absolute atomic E-state index is 0.0519. The van der Waals surface area contributed by atoms with Crippen LogP contribution in [0.2, 0.25) is 0 Å². The van der Waals surface area contributed by atoms with Gasteiger partial charge in [-0.2, -0.15) is 0 Å². The first-order valence-corrected chi connectivity index (χ1v) is 6.54. The first kappa shape index (κ1) is 13.7. The fourth-order valence-electron chi connectivity index (χ4n) is 2.08. The summed E-state index contributed by atoms with van der Waals surface area (Å²) in [5.74, 6) is -0.341. The smallest absolute Gasteiger partial charge is 0.269 e. The first-order chi connectivity index (χ1) is 10.6. The molecule has 2 aromatic carbocycles. The van der Waals surface area contributed by atoms with Gasteiger partial charge in [0.1, 0.15) is 0 Å². The van der Waals surface area contributed by atoms with Crippen LogP contribution in [-0.4, -0.2) is 15.8 Å². The molecule has 0 saturated carbocycles. The number of rotatable bonds is 3. The monoisotopic (exact) mass is 293 g/mol. The Morgan fingerprint density at radius 3 is 2.55 bits per heavy atom. The minimum Gasteiger partial charge on any atom is -0.321 e. The zero-order valence-corrected chi connectivity index (χ0v) is 11.4. The molecule has 3 rings (SSSR count). The van der Waals surface area contributed by atoms with Gasteiger partial charge in [0.15, 0.2) is 0 Å². The summed E-state index contributed by atoms with van der Waals surface area (Å²) in [4.78, 5) is 26.5. The molecular weight excluding hydrogens is 282 g/mol. The van der Waals surface area contributed by atoms with E-state index in [0.29, 0.717) is 11.3 Å². The zero-order valence-electron chi connectivity index (χ0n) is 11.4. The van der Waals surface area contributed by atoms with Crippen LogP contribution in [0.25, 0.3) is 10.9 Å². The number of carbonyl (C=O) groups is 1. The van der Waals surface area contributed by atoms with E-state index in [2.05, 4.69) is 10.3 Å². The Morgan fingerprint density at radius 2 is 1.82 bits per heavy atom. The summed E-state index contributed by atoms with van der Waals surface area (Å²) in [6.07, 6.45) is 1.58. The van der Waals surface area contributed by atoms with Crippen LogP contribution in [0.3, 0.4) is 0 Å². The Balaban J connectivity index is 1.81.